The van der Waals surface area contributed by atoms with Crippen molar-refractivity contribution in [2.24, 2.45) is 0 Å². The minimum Gasteiger partial charge on any atom is -0.460 e. The second-order valence-corrected chi connectivity index (χ2v) is 6.12. The summed E-state index contributed by atoms with van der Waals surface area (Å²) in [6.45, 7) is 0. The molecule has 21 heavy (non-hydrogen) atoms. The number of hydrogen-bond donors (Lipinski definition) is 0. The third kappa shape index (κ3) is 3.20. The molecule has 2 nitrogen and oxygen atoms in total. The van der Waals surface area contributed by atoms with E-state index in [-0.39, 0.29) is 5.43 Å². The Hall–Kier alpha value is -1.58. The van der Waals surface area contributed by atoms with Crippen molar-refractivity contribution in [2.75, 3.05) is 0 Å². The maximum Gasteiger partial charge on any atom is 0.193 e. The quantitative estimate of drug-likeness (QED) is 0.656. The molecule has 0 bridgehead atoms. The van der Waals surface area contributed by atoms with Gasteiger partial charge in [-0.15, -0.1) is 0 Å². The fourth-order valence-corrected chi connectivity index (χ4v) is 3.16. The highest BCUT2D eigenvalue weighted by molar-refractivity contribution is 9.10. The Morgan fingerprint density at radius 3 is 2.57 bits per heavy atom. The smallest absolute Gasteiger partial charge is 0.193 e. The van der Waals surface area contributed by atoms with Gasteiger partial charge in [0.05, 0.1) is 9.86 Å². The lowest BCUT2D eigenvalue weighted by Crippen LogP contribution is -2.03. The van der Waals surface area contributed by atoms with Gasteiger partial charge < -0.3 is 4.42 Å². The van der Waals surface area contributed by atoms with Crippen molar-refractivity contribution in [1.29, 1.82) is 0 Å². The Morgan fingerprint density at radius 1 is 1.05 bits per heavy atom. The molecule has 0 saturated carbocycles. The van der Waals surface area contributed by atoms with Crippen LogP contribution in [0.25, 0.3) is 11.0 Å². The summed E-state index contributed by atoms with van der Waals surface area (Å²) >= 11 is 9.36. The van der Waals surface area contributed by atoms with E-state index in [4.69, 9.17) is 16.0 Å². The molecule has 106 valence electrons. The second-order valence-electron chi connectivity index (χ2n) is 4.83. The first-order valence-electron chi connectivity index (χ1n) is 6.59. The maximum atomic E-state index is 12.2. The van der Waals surface area contributed by atoms with Crippen molar-refractivity contribution in [2.45, 2.75) is 12.8 Å². The van der Waals surface area contributed by atoms with Crippen molar-refractivity contribution in [1.82, 2.24) is 0 Å². The number of hydrogen-bond acceptors (Lipinski definition) is 2. The average Bonchev–Trinajstić information content (AvgIpc) is 2.47. The molecule has 1 aromatic heterocycles. The Labute approximate surface area is 135 Å². The van der Waals surface area contributed by atoms with E-state index in [0.717, 1.165) is 6.42 Å². The molecule has 3 rings (SSSR count). The number of benzene rings is 2. The van der Waals surface area contributed by atoms with Gasteiger partial charge in [-0.3, -0.25) is 4.79 Å². The van der Waals surface area contributed by atoms with E-state index in [1.807, 2.05) is 18.2 Å². The molecule has 0 saturated heterocycles. The summed E-state index contributed by atoms with van der Waals surface area (Å²) in [4.78, 5) is 12.2. The van der Waals surface area contributed by atoms with Crippen molar-refractivity contribution in [3.63, 3.8) is 0 Å². The second kappa shape index (κ2) is 6.04. The van der Waals surface area contributed by atoms with Crippen LogP contribution < -0.4 is 5.43 Å². The molecule has 0 spiro atoms. The van der Waals surface area contributed by atoms with Gasteiger partial charge >= 0.3 is 0 Å². The average molecular weight is 364 g/mol. The zero-order chi connectivity index (χ0) is 14.8. The van der Waals surface area contributed by atoms with Gasteiger partial charge in [0.2, 0.25) is 0 Å². The van der Waals surface area contributed by atoms with Crippen LogP contribution in [-0.2, 0) is 12.8 Å². The number of fused-ring (bicyclic) bond motifs is 1. The van der Waals surface area contributed by atoms with Crippen LogP contribution >= 0.6 is 27.5 Å². The lowest BCUT2D eigenvalue weighted by molar-refractivity contribution is 0.533. The molecular formula is C17H12BrClO2. The van der Waals surface area contributed by atoms with Crippen LogP contribution in [0.15, 0.2) is 62.2 Å². The Bertz CT molecular complexity index is 841. The van der Waals surface area contributed by atoms with Gasteiger partial charge in [-0.05, 0) is 40.0 Å². The van der Waals surface area contributed by atoms with E-state index in [1.54, 1.807) is 18.2 Å². The highest BCUT2D eigenvalue weighted by Gasteiger charge is 2.09. The molecule has 0 unspecified atom stereocenters. The fraction of sp³-hybridized carbons (Fsp3) is 0.118. The molecule has 0 aliphatic carbocycles. The van der Waals surface area contributed by atoms with E-state index in [1.165, 1.54) is 5.56 Å². The van der Waals surface area contributed by atoms with Crippen LogP contribution in [0.2, 0.25) is 5.02 Å². The Kier molecular flexibility index (Phi) is 4.13. The van der Waals surface area contributed by atoms with Crippen molar-refractivity contribution < 1.29 is 4.42 Å². The predicted molar refractivity (Wildman–Crippen MR) is 89.0 cm³/mol. The van der Waals surface area contributed by atoms with Crippen molar-refractivity contribution in [3.05, 3.63) is 79.6 Å². The number of aryl methyl sites for hydroxylation is 2. The van der Waals surface area contributed by atoms with Crippen LogP contribution in [-0.4, -0.2) is 0 Å². The molecule has 0 amide bonds. The SMILES string of the molecule is O=c1cc(CCc2ccccc2)oc2c(Br)cc(Cl)cc12. The summed E-state index contributed by atoms with van der Waals surface area (Å²) in [5.74, 6) is 0.680. The lowest BCUT2D eigenvalue weighted by atomic mass is 10.1. The molecular weight excluding hydrogens is 352 g/mol. The Morgan fingerprint density at radius 2 is 1.81 bits per heavy atom. The minimum atomic E-state index is -0.0671. The lowest BCUT2D eigenvalue weighted by Gasteiger charge is -2.05. The third-order valence-corrected chi connectivity index (χ3v) is 4.11. The Balaban J connectivity index is 1.95. The summed E-state index contributed by atoms with van der Waals surface area (Å²) in [5.41, 5.74) is 1.70. The van der Waals surface area contributed by atoms with Crippen molar-refractivity contribution in [3.8, 4) is 0 Å². The van der Waals surface area contributed by atoms with Crippen LogP contribution in [0, 0.1) is 0 Å². The molecule has 3 aromatic rings. The number of rotatable bonds is 3. The minimum absolute atomic E-state index is 0.0671. The third-order valence-electron chi connectivity index (χ3n) is 3.30. The molecule has 0 aliphatic heterocycles. The standard InChI is InChI=1S/C17H12BrClO2/c18-15-9-12(19)8-14-16(20)10-13(21-17(14)15)7-6-11-4-2-1-3-5-11/h1-5,8-10H,6-7H2. The van der Waals surface area contributed by atoms with E-state index in [0.29, 0.717) is 32.6 Å². The predicted octanol–water partition coefficient (Wildman–Crippen LogP) is 4.99. The summed E-state index contributed by atoms with van der Waals surface area (Å²) in [7, 11) is 0. The van der Waals surface area contributed by atoms with Crippen molar-refractivity contribution >= 4 is 38.5 Å². The maximum absolute atomic E-state index is 12.2. The molecule has 2 aromatic carbocycles. The van der Waals surface area contributed by atoms with Crippen LogP contribution in [0.4, 0.5) is 0 Å². The van der Waals surface area contributed by atoms with E-state index < -0.39 is 0 Å². The van der Waals surface area contributed by atoms with E-state index in [9.17, 15) is 4.79 Å². The first kappa shape index (κ1) is 14.4. The van der Waals surface area contributed by atoms with Crippen LogP contribution in [0.1, 0.15) is 11.3 Å². The normalized spacial score (nSPS) is 11.0. The molecule has 0 fully saturated rings. The van der Waals surface area contributed by atoms with E-state index >= 15 is 0 Å². The largest absolute Gasteiger partial charge is 0.460 e. The van der Waals surface area contributed by atoms with Gasteiger partial charge in [-0.1, -0.05) is 41.9 Å². The topological polar surface area (TPSA) is 30.2 Å². The first-order chi connectivity index (χ1) is 10.1. The van der Waals surface area contributed by atoms with Gasteiger partial charge in [0.1, 0.15) is 5.76 Å². The highest BCUT2D eigenvalue weighted by Crippen LogP contribution is 2.27. The zero-order valence-corrected chi connectivity index (χ0v) is 13.4. The van der Waals surface area contributed by atoms with Gasteiger partial charge in [-0.2, -0.15) is 0 Å². The summed E-state index contributed by atoms with van der Waals surface area (Å²) in [5, 5.41) is 1.01. The molecule has 0 atom stereocenters. The monoisotopic (exact) mass is 362 g/mol. The van der Waals surface area contributed by atoms with Crippen LogP contribution in [0.5, 0.6) is 0 Å². The fourth-order valence-electron chi connectivity index (χ4n) is 2.27. The first-order valence-corrected chi connectivity index (χ1v) is 7.76. The number of halogens is 2. The molecule has 0 aliphatic rings. The summed E-state index contributed by atoms with van der Waals surface area (Å²) in [6.07, 6.45) is 1.52. The summed E-state index contributed by atoms with van der Waals surface area (Å²) in [6, 6.07) is 15.0. The highest BCUT2D eigenvalue weighted by atomic mass is 79.9. The molecule has 4 heteroatoms. The molecule has 0 radical (unpaired) electrons. The van der Waals surface area contributed by atoms with Crippen LogP contribution in [0.3, 0.4) is 0 Å². The molecule has 1 heterocycles. The van der Waals surface area contributed by atoms with Gasteiger partial charge in [0.15, 0.2) is 11.0 Å². The van der Waals surface area contributed by atoms with Gasteiger partial charge in [0, 0.05) is 17.5 Å². The zero-order valence-electron chi connectivity index (χ0n) is 11.1. The summed E-state index contributed by atoms with van der Waals surface area (Å²) < 4.78 is 6.54. The van der Waals surface area contributed by atoms with E-state index in [2.05, 4.69) is 28.1 Å². The van der Waals surface area contributed by atoms with Gasteiger partial charge in [-0.25, -0.2) is 0 Å². The molecule has 0 N–H and O–H groups in total. The van der Waals surface area contributed by atoms with Gasteiger partial charge in [0.25, 0.3) is 0 Å².